The standard InChI is InChI=1S/C19H23N3O2/c1-14(2)13-24-17-7-5-4-6-16(17)19(23)22(15-8-9-15)12-18-20-10-11-21(18)3/h4-7,10-11,15H,1,8-9,12-13H2,2-3H3. The number of hydrogen-bond acceptors (Lipinski definition) is 3. The predicted octanol–water partition coefficient (Wildman–Crippen LogP) is 3.18. The molecular weight excluding hydrogens is 302 g/mol. The van der Waals surface area contributed by atoms with Crippen LogP contribution in [0.4, 0.5) is 0 Å². The van der Waals surface area contributed by atoms with Crippen LogP contribution in [0.1, 0.15) is 35.9 Å². The first-order valence-corrected chi connectivity index (χ1v) is 8.19. The van der Waals surface area contributed by atoms with Crippen LogP contribution in [0.3, 0.4) is 0 Å². The number of hydrogen-bond donors (Lipinski definition) is 0. The Labute approximate surface area is 142 Å². The molecule has 1 heterocycles. The molecule has 1 saturated carbocycles. The van der Waals surface area contributed by atoms with Crippen LogP contribution in [0.5, 0.6) is 5.75 Å². The van der Waals surface area contributed by atoms with Gasteiger partial charge in [0, 0.05) is 25.5 Å². The molecule has 5 nitrogen and oxygen atoms in total. The molecule has 1 aliphatic carbocycles. The summed E-state index contributed by atoms with van der Waals surface area (Å²) in [5, 5.41) is 0. The zero-order valence-electron chi connectivity index (χ0n) is 14.2. The summed E-state index contributed by atoms with van der Waals surface area (Å²) in [6.45, 7) is 6.68. The summed E-state index contributed by atoms with van der Waals surface area (Å²) in [5.74, 6) is 1.49. The lowest BCUT2D eigenvalue weighted by Gasteiger charge is -2.23. The van der Waals surface area contributed by atoms with Crippen LogP contribution in [-0.2, 0) is 13.6 Å². The summed E-state index contributed by atoms with van der Waals surface area (Å²) >= 11 is 0. The highest BCUT2D eigenvalue weighted by Crippen LogP contribution is 2.31. The molecule has 0 saturated heterocycles. The third-order valence-electron chi connectivity index (χ3n) is 4.07. The van der Waals surface area contributed by atoms with Crippen molar-refractivity contribution in [3.63, 3.8) is 0 Å². The smallest absolute Gasteiger partial charge is 0.258 e. The normalized spacial score (nSPS) is 13.6. The van der Waals surface area contributed by atoms with Crippen LogP contribution in [0, 0.1) is 0 Å². The Morgan fingerprint density at radius 2 is 2.17 bits per heavy atom. The largest absolute Gasteiger partial charge is 0.488 e. The number of amides is 1. The third kappa shape index (κ3) is 3.67. The number of benzene rings is 1. The van der Waals surface area contributed by atoms with Crippen molar-refractivity contribution in [2.24, 2.45) is 7.05 Å². The minimum Gasteiger partial charge on any atom is -0.488 e. The second kappa shape index (κ2) is 6.91. The van der Waals surface area contributed by atoms with E-state index in [1.54, 1.807) is 6.20 Å². The van der Waals surface area contributed by atoms with Crippen LogP contribution in [0.25, 0.3) is 0 Å². The van der Waals surface area contributed by atoms with Gasteiger partial charge in [0.1, 0.15) is 18.2 Å². The van der Waals surface area contributed by atoms with Crippen LogP contribution >= 0.6 is 0 Å². The Kier molecular flexibility index (Phi) is 4.69. The van der Waals surface area contributed by atoms with Crippen LogP contribution < -0.4 is 4.74 Å². The van der Waals surface area contributed by atoms with Crippen LogP contribution in [-0.4, -0.2) is 33.0 Å². The Morgan fingerprint density at radius 3 is 2.79 bits per heavy atom. The maximum Gasteiger partial charge on any atom is 0.258 e. The van der Waals surface area contributed by atoms with Crippen LogP contribution in [0.2, 0.25) is 0 Å². The molecule has 2 aromatic rings. The molecule has 0 spiro atoms. The van der Waals surface area contributed by atoms with E-state index in [2.05, 4.69) is 11.6 Å². The Balaban J connectivity index is 1.83. The molecular formula is C19H23N3O2. The van der Waals surface area contributed by atoms with Crippen molar-refractivity contribution in [3.8, 4) is 5.75 Å². The number of aromatic nitrogens is 2. The fourth-order valence-corrected chi connectivity index (χ4v) is 2.58. The maximum atomic E-state index is 13.1. The fraction of sp³-hybridized carbons (Fsp3) is 0.368. The third-order valence-corrected chi connectivity index (χ3v) is 4.07. The zero-order valence-corrected chi connectivity index (χ0v) is 14.2. The first-order chi connectivity index (χ1) is 11.6. The number of carbonyl (C=O) groups excluding carboxylic acids is 1. The molecule has 0 atom stereocenters. The Hall–Kier alpha value is -2.56. The highest BCUT2D eigenvalue weighted by atomic mass is 16.5. The minimum atomic E-state index is -0.00202. The van der Waals surface area contributed by atoms with E-state index < -0.39 is 0 Å². The van der Waals surface area contributed by atoms with Crippen molar-refractivity contribution in [1.29, 1.82) is 0 Å². The molecule has 1 fully saturated rings. The van der Waals surface area contributed by atoms with Crippen LogP contribution in [0.15, 0.2) is 48.8 Å². The molecule has 1 aromatic heterocycles. The molecule has 0 unspecified atom stereocenters. The van der Waals surface area contributed by atoms with E-state index in [0.717, 1.165) is 24.2 Å². The van der Waals surface area contributed by atoms with Gasteiger partial charge in [0.25, 0.3) is 5.91 Å². The molecule has 0 bridgehead atoms. The highest BCUT2D eigenvalue weighted by Gasteiger charge is 2.34. The summed E-state index contributed by atoms with van der Waals surface area (Å²) in [5.41, 5.74) is 1.52. The number of carbonyl (C=O) groups is 1. The van der Waals surface area contributed by atoms with Crippen molar-refractivity contribution < 1.29 is 9.53 Å². The molecule has 0 aliphatic heterocycles. The molecule has 3 rings (SSSR count). The van der Waals surface area contributed by atoms with Gasteiger partial charge in [-0.2, -0.15) is 0 Å². The number of nitrogens with zero attached hydrogens (tertiary/aromatic N) is 3. The quantitative estimate of drug-likeness (QED) is 0.735. The first-order valence-electron chi connectivity index (χ1n) is 8.19. The summed E-state index contributed by atoms with van der Waals surface area (Å²) in [7, 11) is 1.95. The predicted molar refractivity (Wildman–Crippen MR) is 92.9 cm³/mol. The highest BCUT2D eigenvalue weighted by molar-refractivity contribution is 5.97. The Bertz CT molecular complexity index is 747. The molecule has 0 radical (unpaired) electrons. The van der Waals surface area contributed by atoms with E-state index in [4.69, 9.17) is 4.74 Å². The van der Waals surface area contributed by atoms with Gasteiger partial charge in [0.05, 0.1) is 12.1 Å². The molecule has 1 amide bonds. The lowest BCUT2D eigenvalue weighted by Crippen LogP contribution is -2.33. The number of ether oxygens (including phenoxy) is 1. The van der Waals surface area contributed by atoms with Gasteiger partial charge in [-0.15, -0.1) is 0 Å². The van der Waals surface area contributed by atoms with Gasteiger partial charge in [0.2, 0.25) is 0 Å². The van der Waals surface area contributed by atoms with Gasteiger partial charge in [-0.05, 0) is 37.5 Å². The maximum absolute atomic E-state index is 13.1. The van der Waals surface area contributed by atoms with Crippen molar-refractivity contribution >= 4 is 5.91 Å². The summed E-state index contributed by atoms with van der Waals surface area (Å²) in [4.78, 5) is 19.4. The molecule has 5 heteroatoms. The lowest BCUT2D eigenvalue weighted by atomic mass is 10.1. The van der Waals surface area contributed by atoms with E-state index in [9.17, 15) is 4.79 Å². The summed E-state index contributed by atoms with van der Waals surface area (Å²) in [6.07, 6.45) is 5.75. The number of para-hydroxylation sites is 1. The second-order valence-electron chi connectivity index (χ2n) is 6.36. The van der Waals surface area contributed by atoms with Crippen molar-refractivity contribution in [1.82, 2.24) is 14.5 Å². The average molecular weight is 325 g/mol. The van der Waals surface area contributed by atoms with Gasteiger partial charge < -0.3 is 14.2 Å². The summed E-state index contributed by atoms with van der Waals surface area (Å²) < 4.78 is 7.71. The molecule has 24 heavy (non-hydrogen) atoms. The van der Waals surface area contributed by atoms with E-state index in [0.29, 0.717) is 30.5 Å². The van der Waals surface area contributed by atoms with Crippen molar-refractivity contribution in [2.45, 2.75) is 32.4 Å². The van der Waals surface area contributed by atoms with E-state index in [1.165, 1.54) is 0 Å². The SMILES string of the molecule is C=C(C)COc1ccccc1C(=O)N(Cc1nccn1C)C1CC1. The van der Waals surface area contributed by atoms with Gasteiger partial charge in [-0.3, -0.25) is 4.79 Å². The molecule has 126 valence electrons. The van der Waals surface area contributed by atoms with Crippen molar-refractivity contribution in [2.75, 3.05) is 6.61 Å². The average Bonchev–Trinajstić information content (AvgIpc) is 3.33. The van der Waals surface area contributed by atoms with Gasteiger partial charge in [-0.25, -0.2) is 4.98 Å². The van der Waals surface area contributed by atoms with Gasteiger partial charge in [0.15, 0.2) is 0 Å². The lowest BCUT2D eigenvalue weighted by molar-refractivity contribution is 0.0720. The number of imidazole rings is 1. The van der Waals surface area contributed by atoms with E-state index in [-0.39, 0.29) is 5.91 Å². The number of rotatable bonds is 7. The van der Waals surface area contributed by atoms with Gasteiger partial charge >= 0.3 is 0 Å². The van der Waals surface area contributed by atoms with Crippen molar-refractivity contribution in [3.05, 3.63) is 60.2 Å². The van der Waals surface area contributed by atoms with E-state index in [1.807, 2.05) is 53.9 Å². The van der Waals surface area contributed by atoms with E-state index >= 15 is 0 Å². The fourth-order valence-electron chi connectivity index (χ4n) is 2.58. The zero-order chi connectivity index (χ0) is 17.1. The first kappa shape index (κ1) is 16.3. The molecule has 1 aromatic carbocycles. The Morgan fingerprint density at radius 1 is 1.42 bits per heavy atom. The topological polar surface area (TPSA) is 47.4 Å². The number of aryl methyl sites for hydroxylation is 1. The minimum absolute atomic E-state index is 0.00202. The monoisotopic (exact) mass is 325 g/mol. The second-order valence-corrected chi connectivity index (χ2v) is 6.36. The molecule has 1 aliphatic rings. The summed E-state index contributed by atoms with van der Waals surface area (Å²) in [6, 6.07) is 7.70. The molecule has 0 N–H and O–H groups in total. The van der Waals surface area contributed by atoms with Gasteiger partial charge in [-0.1, -0.05) is 18.7 Å².